The van der Waals surface area contributed by atoms with E-state index >= 15 is 0 Å². The predicted molar refractivity (Wildman–Crippen MR) is 53.4 cm³/mol. The van der Waals surface area contributed by atoms with E-state index in [4.69, 9.17) is 0 Å². The lowest BCUT2D eigenvalue weighted by molar-refractivity contribution is 0.248. The zero-order valence-corrected chi connectivity index (χ0v) is 8.85. The molecule has 12 heavy (non-hydrogen) atoms. The molecule has 1 rings (SSSR count). The number of likely N-dealkylation sites (tertiary alicyclic amines) is 1. The summed E-state index contributed by atoms with van der Waals surface area (Å²) in [6.45, 7) is 12.6. The van der Waals surface area contributed by atoms with Crippen molar-refractivity contribution in [3.63, 3.8) is 0 Å². The van der Waals surface area contributed by atoms with Crippen LogP contribution in [0.5, 0.6) is 0 Å². The second-order valence-electron chi connectivity index (χ2n) is 4.41. The highest BCUT2D eigenvalue weighted by Crippen LogP contribution is 2.21. The summed E-state index contributed by atoms with van der Waals surface area (Å²) < 4.78 is 0. The third-order valence-electron chi connectivity index (χ3n) is 2.84. The van der Waals surface area contributed by atoms with Gasteiger partial charge in [-0.25, -0.2) is 0 Å². The predicted octanol–water partition coefficient (Wildman–Crippen LogP) is 1.47. The molecule has 1 saturated heterocycles. The van der Waals surface area contributed by atoms with Crippen LogP contribution in [0.15, 0.2) is 0 Å². The van der Waals surface area contributed by atoms with E-state index in [-0.39, 0.29) is 0 Å². The average molecular weight is 170 g/mol. The molecule has 0 unspecified atom stereocenters. The molecule has 0 aromatic rings. The fraction of sp³-hybridized carbons (Fsp3) is 1.00. The van der Waals surface area contributed by atoms with Crippen molar-refractivity contribution in [3.8, 4) is 0 Å². The van der Waals surface area contributed by atoms with Gasteiger partial charge < -0.3 is 5.32 Å². The number of rotatable bonds is 3. The van der Waals surface area contributed by atoms with E-state index in [1.54, 1.807) is 0 Å². The van der Waals surface area contributed by atoms with Crippen LogP contribution in [0.25, 0.3) is 0 Å². The van der Waals surface area contributed by atoms with E-state index < -0.39 is 0 Å². The molecule has 0 aromatic carbocycles. The maximum atomic E-state index is 3.56. The lowest BCUT2D eigenvalue weighted by atomic mass is 10.0. The van der Waals surface area contributed by atoms with E-state index in [0.717, 1.165) is 6.54 Å². The fourth-order valence-corrected chi connectivity index (χ4v) is 2.01. The average Bonchev–Trinajstić information content (AvgIpc) is 2.33. The minimum Gasteiger partial charge on any atom is -0.310 e. The molecule has 0 bridgehead atoms. The van der Waals surface area contributed by atoms with Gasteiger partial charge in [0.05, 0.1) is 0 Å². The molecule has 2 heteroatoms. The Bertz CT molecular complexity index is 145. The highest BCUT2D eigenvalue weighted by Gasteiger charge is 2.33. The highest BCUT2D eigenvalue weighted by atomic mass is 15.2. The van der Waals surface area contributed by atoms with Crippen LogP contribution in [0.2, 0.25) is 0 Å². The number of nitrogens with zero attached hydrogens (tertiary/aromatic N) is 1. The lowest BCUT2D eigenvalue weighted by Gasteiger charge is -2.27. The van der Waals surface area contributed by atoms with Crippen molar-refractivity contribution in [3.05, 3.63) is 0 Å². The molecule has 1 heterocycles. The fourth-order valence-electron chi connectivity index (χ4n) is 2.01. The van der Waals surface area contributed by atoms with Gasteiger partial charge in [-0.05, 0) is 33.7 Å². The maximum absolute atomic E-state index is 3.56. The molecular formula is C10H22N2. The number of likely N-dealkylation sites (N-methyl/N-ethyl adjacent to an activating group) is 1. The Morgan fingerprint density at radius 3 is 2.58 bits per heavy atom. The Morgan fingerprint density at radius 2 is 2.17 bits per heavy atom. The Labute approximate surface area is 76.3 Å². The van der Waals surface area contributed by atoms with Crippen molar-refractivity contribution in [2.75, 3.05) is 19.6 Å². The molecule has 1 fully saturated rings. The van der Waals surface area contributed by atoms with Crippen LogP contribution in [0, 0.1) is 0 Å². The molecule has 1 atom stereocenters. The van der Waals surface area contributed by atoms with E-state index in [0.29, 0.717) is 11.6 Å². The van der Waals surface area contributed by atoms with Crippen molar-refractivity contribution in [2.24, 2.45) is 0 Å². The Hall–Kier alpha value is -0.0800. The third-order valence-corrected chi connectivity index (χ3v) is 2.84. The summed E-state index contributed by atoms with van der Waals surface area (Å²) >= 11 is 0. The number of hydrogen-bond donors (Lipinski definition) is 1. The molecule has 1 aliphatic rings. The first kappa shape index (κ1) is 10.0. The van der Waals surface area contributed by atoms with Gasteiger partial charge in [-0.2, -0.15) is 0 Å². The largest absolute Gasteiger partial charge is 0.310 e. The summed E-state index contributed by atoms with van der Waals surface area (Å²) in [5, 5.41) is 3.56. The monoisotopic (exact) mass is 170 g/mol. The molecule has 1 N–H and O–H groups in total. The van der Waals surface area contributed by atoms with Gasteiger partial charge in [0.15, 0.2) is 0 Å². The summed E-state index contributed by atoms with van der Waals surface area (Å²) in [6, 6.07) is 0.700. The van der Waals surface area contributed by atoms with Crippen molar-refractivity contribution in [1.29, 1.82) is 0 Å². The SMILES string of the molecule is CCN[C@]1(C)CCN(C(C)C)C1. The highest BCUT2D eigenvalue weighted by molar-refractivity contribution is 4.93. The second-order valence-corrected chi connectivity index (χ2v) is 4.41. The molecule has 72 valence electrons. The molecule has 0 spiro atoms. The first-order chi connectivity index (χ1) is 5.57. The van der Waals surface area contributed by atoms with E-state index in [9.17, 15) is 0 Å². The van der Waals surface area contributed by atoms with Crippen LogP contribution in [-0.4, -0.2) is 36.1 Å². The summed E-state index contributed by atoms with van der Waals surface area (Å²) in [5.41, 5.74) is 0.374. The van der Waals surface area contributed by atoms with Crippen LogP contribution < -0.4 is 5.32 Å². The topological polar surface area (TPSA) is 15.3 Å². The Balaban J connectivity index is 2.43. The van der Waals surface area contributed by atoms with Gasteiger partial charge in [0.2, 0.25) is 0 Å². The lowest BCUT2D eigenvalue weighted by Crippen LogP contribution is -2.45. The number of nitrogens with one attached hydrogen (secondary N) is 1. The van der Waals surface area contributed by atoms with Gasteiger partial charge >= 0.3 is 0 Å². The normalized spacial score (nSPS) is 31.8. The van der Waals surface area contributed by atoms with E-state index in [1.165, 1.54) is 19.5 Å². The van der Waals surface area contributed by atoms with Gasteiger partial charge in [0, 0.05) is 24.7 Å². The van der Waals surface area contributed by atoms with Gasteiger partial charge in [0.25, 0.3) is 0 Å². The van der Waals surface area contributed by atoms with Gasteiger partial charge in [-0.1, -0.05) is 6.92 Å². The minimum absolute atomic E-state index is 0.374. The maximum Gasteiger partial charge on any atom is 0.0292 e. The molecule has 0 saturated carbocycles. The van der Waals surface area contributed by atoms with E-state index in [1.807, 2.05) is 0 Å². The zero-order chi connectivity index (χ0) is 9.19. The Kier molecular flexibility index (Phi) is 3.13. The van der Waals surface area contributed by atoms with E-state index in [2.05, 4.69) is 37.9 Å². The van der Waals surface area contributed by atoms with Gasteiger partial charge in [0.1, 0.15) is 0 Å². The van der Waals surface area contributed by atoms with Crippen LogP contribution in [0.1, 0.15) is 34.1 Å². The van der Waals surface area contributed by atoms with Crippen LogP contribution in [-0.2, 0) is 0 Å². The van der Waals surface area contributed by atoms with Crippen molar-refractivity contribution in [1.82, 2.24) is 10.2 Å². The molecule has 2 nitrogen and oxygen atoms in total. The van der Waals surface area contributed by atoms with Crippen molar-refractivity contribution >= 4 is 0 Å². The first-order valence-electron chi connectivity index (χ1n) is 5.06. The summed E-state index contributed by atoms with van der Waals surface area (Å²) in [5.74, 6) is 0. The standard InChI is InChI=1S/C10H22N2/c1-5-11-10(4)6-7-12(8-10)9(2)3/h9,11H,5-8H2,1-4H3/t10-/m1/s1. The summed E-state index contributed by atoms with van der Waals surface area (Å²) in [7, 11) is 0. The van der Waals surface area contributed by atoms with Gasteiger partial charge in [-0.15, -0.1) is 0 Å². The van der Waals surface area contributed by atoms with Gasteiger partial charge in [-0.3, -0.25) is 4.90 Å². The van der Waals surface area contributed by atoms with Crippen molar-refractivity contribution < 1.29 is 0 Å². The smallest absolute Gasteiger partial charge is 0.0292 e. The third kappa shape index (κ3) is 2.20. The number of hydrogen-bond acceptors (Lipinski definition) is 2. The van der Waals surface area contributed by atoms with Crippen LogP contribution in [0.4, 0.5) is 0 Å². The minimum atomic E-state index is 0.374. The summed E-state index contributed by atoms with van der Waals surface area (Å²) in [6.07, 6.45) is 1.29. The summed E-state index contributed by atoms with van der Waals surface area (Å²) in [4.78, 5) is 2.54. The van der Waals surface area contributed by atoms with Crippen molar-refractivity contribution in [2.45, 2.75) is 45.7 Å². The zero-order valence-electron chi connectivity index (χ0n) is 8.85. The quantitative estimate of drug-likeness (QED) is 0.690. The second kappa shape index (κ2) is 3.75. The molecular weight excluding hydrogens is 148 g/mol. The van der Waals surface area contributed by atoms with Crippen LogP contribution >= 0.6 is 0 Å². The molecule has 0 amide bonds. The first-order valence-corrected chi connectivity index (χ1v) is 5.06. The molecule has 0 aromatic heterocycles. The molecule has 1 aliphatic heterocycles. The molecule has 0 aliphatic carbocycles. The Morgan fingerprint density at radius 1 is 1.50 bits per heavy atom. The van der Waals surface area contributed by atoms with Crippen LogP contribution in [0.3, 0.4) is 0 Å². The molecule has 0 radical (unpaired) electrons.